The zero-order valence-electron chi connectivity index (χ0n) is 8.38. The first-order chi connectivity index (χ1) is 7.81. The second-order valence-corrected chi connectivity index (χ2v) is 4.91. The van der Waals surface area contributed by atoms with Crippen LogP contribution in [0.4, 0.5) is 5.82 Å². The highest BCUT2D eigenvalue weighted by Crippen LogP contribution is 2.23. The van der Waals surface area contributed by atoms with Crippen molar-refractivity contribution in [3.05, 3.63) is 28.2 Å². The highest BCUT2D eigenvalue weighted by molar-refractivity contribution is 7.66. The van der Waals surface area contributed by atoms with Crippen LogP contribution in [0.2, 0.25) is 5.15 Å². The van der Waals surface area contributed by atoms with Crippen LogP contribution >= 0.6 is 32.5 Å². The first-order valence-corrected chi connectivity index (χ1v) is 7.03. The van der Waals surface area contributed by atoms with Crippen LogP contribution in [-0.4, -0.2) is 16.0 Å². The molecule has 0 aliphatic rings. The van der Waals surface area contributed by atoms with Crippen molar-refractivity contribution in [3.8, 4) is 5.75 Å². The number of ether oxygens (including phenoxy) is 1. The number of hydrogen-bond donors (Lipinski definition) is 0. The molecule has 0 unspecified atom stereocenters. The van der Waals surface area contributed by atoms with Gasteiger partial charge in [0.05, 0.1) is 6.61 Å². The van der Waals surface area contributed by atoms with Gasteiger partial charge in [-0.25, -0.2) is 9.98 Å². The van der Waals surface area contributed by atoms with Gasteiger partial charge < -0.3 is 4.74 Å². The Labute approximate surface area is 105 Å². The number of aromatic nitrogens is 2. The molecule has 84 valence electrons. The minimum absolute atomic E-state index is 0.406. The predicted molar refractivity (Wildman–Crippen MR) is 65.6 cm³/mol. The van der Waals surface area contributed by atoms with E-state index in [1.165, 1.54) is 20.9 Å². The Morgan fingerprint density at radius 3 is 3.12 bits per heavy atom. The van der Waals surface area contributed by atoms with Gasteiger partial charge in [0.15, 0.2) is 21.4 Å². The van der Waals surface area contributed by atoms with Crippen molar-refractivity contribution < 1.29 is 4.74 Å². The second-order valence-electron chi connectivity index (χ2n) is 2.72. The van der Waals surface area contributed by atoms with E-state index in [1.807, 2.05) is 13.0 Å². The van der Waals surface area contributed by atoms with Crippen molar-refractivity contribution in [1.29, 1.82) is 0 Å². The Kier molecular flexibility index (Phi) is 3.87. The average Bonchev–Trinajstić information content (AvgIpc) is 2.68. The minimum atomic E-state index is 0.406. The Bertz CT molecular complexity index is 537. The summed E-state index contributed by atoms with van der Waals surface area (Å²) < 4.78 is 10.0. The van der Waals surface area contributed by atoms with Crippen molar-refractivity contribution in [2.75, 3.05) is 6.61 Å². The van der Waals surface area contributed by atoms with Crippen molar-refractivity contribution in [3.63, 3.8) is 0 Å². The van der Waals surface area contributed by atoms with Gasteiger partial charge >= 0.3 is 0 Å². The molecule has 0 spiro atoms. The van der Waals surface area contributed by atoms with E-state index >= 15 is 0 Å². The fourth-order valence-electron chi connectivity index (χ4n) is 1.06. The van der Waals surface area contributed by atoms with E-state index in [1.54, 1.807) is 12.3 Å². The van der Waals surface area contributed by atoms with Crippen LogP contribution in [-0.2, 0) is 0 Å². The largest absolute Gasteiger partial charge is 0.490 e. The van der Waals surface area contributed by atoms with Crippen molar-refractivity contribution in [1.82, 2.24) is 9.36 Å². The Hall–Kier alpha value is -0.980. The van der Waals surface area contributed by atoms with Crippen molar-refractivity contribution >= 4 is 38.3 Å². The minimum Gasteiger partial charge on any atom is -0.490 e. The summed E-state index contributed by atoms with van der Waals surface area (Å²) in [5, 5.41) is 0.406. The maximum atomic E-state index is 5.87. The number of halogens is 1. The predicted octanol–water partition coefficient (Wildman–Crippen LogP) is 2.88. The summed E-state index contributed by atoms with van der Waals surface area (Å²) >= 11 is 5.87. The molecule has 2 rings (SSSR count). The van der Waals surface area contributed by atoms with Crippen LogP contribution in [0.15, 0.2) is 23.3 Å². The fourth-order valence-corrected chi connectivity index (χ4v) is 3.03. The van der Waals surface area contributed by atoms with Gasteiger partial charge in [0.25, 0.3) is 0 Å². The van der Waals surface area contributed by atoms with Crippen molar-refractivity contribution in [2.45, 2.75) is 6.92 Å². The summed E-state index contributed by atoms with van der Waals surface area (Å²) in [7, 11) is 2.71. The molecule has 4 nitrogen and oxygen atoms in total. The third kappa shape index (κ3) is 2.58. The topological polar surface area (TPSA) is 47.4 Å². The van der Waals surface area contributed by atoms with E-state index in [0.29, 0.717) is 28.0 Å². The van der Waals surface area contributed by atoms with Crippen LogP contribution in [0.3, 0.4) is 0 Å². The molecule has 0 aliphatic carbocycles. The van der Waals surface area contributed by atoms with Crippen LogP contribution in [0.5, 0.6) is 5.75 Å². The Morgan fingerprint density at radius 2 is 2.44 bits per heavy atom. The summed E-state index contributed by atoms with van der Waals surface area (Å²) in [5.41, 5.74) is 0. The van der Waals surface area contributed by atoms with Crippen LogP contribution in [0.25, 0.3) is 0 Å². The maximum Gasteiger partial charge on any atom is 0.196 e. The summed E-state index contributed by atoms with van der Waals surface area (Å²) in [6, 6.07) is 3.63. The van der Waals surface area contributed by atoms with Gasteiger partial charge in [-0.2, -0.15) is 4.37 Å². The van der Waals surface area contributed by atoms with Gasteiger partial charge in [0.1, 0.15) is 0 Å². The maximum absolute atomic E-state index is 5.87. The molecule has 16 heavy (non-hydrogen) atoms. The van der Waals surface area contributed by atoms with Crippen LogP contribution < -0.4 is 9.41 Å². The number of hydrogen-bond acceptors (Lipinski definition) is 6. The molecular formula is C9H8ClN3OS2. The third-order valence-corrected chi connectivity index (χ3v) is 3.84. The van der Waals surface area contributed by atoms with Gasteiger partial charge in [-0.15, -0.1) is 0 Å². The second kappa shape index (κ2) is 5.38. The van der Waals surface area contributed by atoms with Crippen molar-refractivity contribution in [2.24, 2.45) is 4.99 Å². The highest BCUT2D eigenvalue weighted by Gasteiger charge is 2.04. The van der Waals surface area contributed by atoms with Gasteiger partial charge in [-0.05, 0) is 29.4 Å². The fraction of sp³-hybridized carbons (Fsp3) is 0.222. The van der Waals surface area contributed by atoms with Gasteiger partial charge in [0.2, 0.25) is 0 Å². The quantitative estimate of drug-likeness (QED) is 0.808. The van der Waals surface area contributed by atoms with Crippen LogP contribution in [0, 0.1) is 0 Å². The normalized spacial score (nSPS) is 11.8. The molecule has 0 saturated carbocycles. The molecule has 2 aromatic rings. The average molecular weight is 274 g/mol. The SMILES string of the molecule is CCOc1cccnc1N=c1ssnc1Cl. The van der Waals surface area contributed by atoms with E-state index in [4.69, 9.17) is 16.3 Å². The number of nitrogens with zero attached hydrogens (tertiary/aromatic N) is 3. The Balaban J connectivity index is 2.45. The molecule has 0 N–H and O–H groups in total. The molecular weight excluding hydrogens is 266 g/mol. The molecule has 0 atom stereocenters. The summed E-state index contributed by atoms with van der Waals surface area (Å²) in [5.74, 6) is 1.18. The molecule has 0 fully saturated rings. The lowest BCUT2D eigenvalue weighted by Gasteiger charge is -2.03. The lowest BCUT2D eigenvalue weighted by atomic mass is 10.4. The van der Waals surface area contributed by atoms with Gasteiger partial charge in [-0.1, -0.05) is 11.6 Å². The molecule has 7 heteroatoms. The van der Waals surface area contributed by atoms with E-state index < -0.39 is 0 Å². The molecule has 0 aromatic carbocycles. The lowest BCUT2D eigenvalue weighted by molar-refractivity contribution is 0.340. The van der Waals surface area contributed by atoms with E-state index in [-0.39, 0.29) is 0 Å². The summed E-state index contributed by atoms with van der Waals surface area (Å²) in [4.78, 5) is 8.46. The summed E-state index contributed by atoms with van der Waals surface area (Å²) in [6.45, 7) is 2.49. The van der Waals surface area contributed by atoms with Gasteiger partial charge in [-0.3, -0.25) is 0 Å². The third-order valence-electron chi connectivity index (χ3n) is 1.67. The van der Waals surface area contributed by atoms with E-state index in [0.717, 1.165) is 0 Å². The standard InChI is InChI=1S/C9H8ClN3OS2/c1-2-14-6-4-3-5-11-8(6)12-9-7(10)13-16-15-9/h3-5H,2H2,1H3. The molecule has 2 aromatic heterocycles. The molecule has 0 saturated heterocycles. The first-order valence-electron chi connectivity index (χ1n) is 4.55. The highest BCUT2D eigenvalue weighted by atomic mass is 35.5. The summed E-state index contributed by atoms with van der Waals surface area (Å²) in [6.07, 6.45) is 1.67. The molecule has 2 heterocycles. The molecule has 0 aliphatic heterocycles. The first kappa shape index (κ1) is 11.5. The number of rotatable bonds is 3. The molecule has 0 bridgehead atoms. The molecule has 0 radical (unpaired) electrons. The number of pyridine rings is 1. The monoisotopic (exact) mass is 273 g/mol. The molecule has 0 amide bonds. The van der Waals surface area contributed by atoms with Gasteiger partial charge in [0, 0.05) is 16.7 Å². The van der Waals surface area contributed by atoms with E-state index in [9.17, 15) is 0 Å². The lowest BCUT2D eigenvalue weighted by Crippen LogP contribution is -1.97. The van der Waals surface area contributed by atoms with Crippen LogP contribution in [0.1, 0.15) is 6.92 Å². The zero-order valence-corrected chi connectivity index (χ0v) is 10.8. The Morgan fingerprint density at radius 1 is 1.56 bits per heavy atom. The smallest absolute Gasteiger partial charge is 0.196 e. The zero-order chi connectivity index (χ0) is 11.4. The van der Waals surface area contributed by atoms with E-state index in [2.05, 4.69) is 14.3 Å².